The number of nitrogens with one attached hydrogen (secondary N) is 1. The van der Waals surface area contributed by atoms with Crippen LogP contribution in [-0.4, -0.2) is 4.98 Å². The third-order valence-electron chi connectivity index (χ3n) is 2.47. The molecule has 0 radical (unpaired) electrons. The summed E-state index contributed by atoms with van der Waals surface area (Å²) in [5.41, 5.74) is 2.44. The predicted octanol–water partition coefficient (Wildman–Crippen LogP) is 3.93. The number of aromatic nitrogens is 1. The summed E-state index contributed by atoms with van der Waals surface area (Å²) in [7, 11) is 0. The van der Waals surface area contributed by atoms with E-state index in [1.54, 1.807) is 11.3 Å². The average Bonchev–Trinajstić information content (AvgIpc) is 2.65. The van der Waals surface area contributed by atoms with E-state index in [1.807, 2.05) is 13.1 Å². The van der Waals surface area contributed by atoms with Crippen LogP contribution in [0.4, 0.5) is 5.69 Å². The van der Waals surface area contributed by atoms with Crippen LogP contribution < -0.4 is 5.32 Å². The molecule has 1 heterocycles. The molecule has 1 unspecified atom stereocenters. The number of aryl methyl sites for hydroxylation is 2. The highest BCUT2D eigenvalue weighted by Crippen LogP contribution is 2.24. The van der Waals surface area contributed by atoms with Crippen LogP contribution in [0.3, 0.4) is 0 Å². The highest BCUT2D eigenvalue weighted by atomic mass is 32.1. The first-order valence-corrected chi connectivity index (χ1v) is 6.22. The van der Waals surface area contributed by atoms with Crippen molar-refractivity contribution in [2.75, 3.05) is 5.32 Å². The summed E-state index contributed by atoms with van der Waals surface area (Å²) in [4.78, 5) is 5.55. The number of benzene rings is 1. The topological polar surface area (TPSA) is 24.9 Å². The summed E-state index contributed by atoms with van der Waals surface area (Å²) in [5.74, 6) is 0. The van der Waals surface area contributed by atoms with Crippen LogP contribution in [0.1, 0.15) is 28.4 Å². The fraction of sp³-hybridized carbons (Fsp3) is 0.308. The second kappa shape index (κ2) is 4.66. The van der Waals surface area contributed by atoms with Crippen LogP contribution in [0.2, 0.25) is 0 Å². The Balaban J connectivity index is 2.10. The van der Waals surface area contributed by atoms with Gasteiger partial charge in [0.25, 0.3) is 0 Å². The minimum Gasteiger partial charge on any atom is -0.378 e. The lowest BCUT2D eigenvalue weighted by Crippen LogP contribution is -2.04. The normalized spacial score (nSPS) is 12.4. The predicted molar refractivity (Wildman–Crippen MR) is 70.1 cm³/mol. The molecule has 0 bridgehead atoms. The van der Waals surface area contributed by atoms with Crippen LogP contribution in [0.5, 0.6) is 0 Å². The molecule has 0 fully saturated rings. The van der Waals surface area contributed by atoms with E-state index in [9.17, 15) is 0 Å². The van der Waals surface area contributed by atoms with Gasteiger partial charge in [0.05, 0.1) is 11.0 Å². The third kappa shape index (κ3) is 2.61. The number of thiazole rings is 1. The number of hydrogen-bond donors (Lipinski definition) is 1. The van der Waals surface area contributed by atoms with Gasteiger partial charge in [-0.3, -0.25) is 0 Å². The molecule has 1 N–H and O–H groups in total. The molecule has 1 aromatic heterocycles. The first-order valence-electron chi connectivity index (χ1n) is 5.40. The summed E-state index contributed by atoms with van der Waals surface area (Å²) in [6.07, 6.45) is 1.95. The summed E-state index contributed by atoms with van der Waals surface area (Å²) in [6.45, 7) is 6.30. The largest absolute Gasteiger partial charge is 0.378 e. The van der Waals surface area contributed by atoms with Gasteiger partial charge in [-0.15, -0.1) is 11.3 Å². The van der Waals surface area contributed by atoms with E-state index in [-0.39, 0.29) is 0 Å². The molecule has 0 spiro atoms. The van der Waals surface area contributed by atoms with Crippen LogP contribution in [-0.2, 0) is 0 Å². The Hall–Kier alpha value is -1.35. The van der Waals surface area contributed by atoms with Gasteiger partial charge >= 0.3 is 0 Å². The van der Waals surface area contributed by atoms with Crippen LogP contribution in [0.25, 0.3) is 0 Å². The van der Waals surface area contributed by atoms with Crippen molar-refractivity contribution in [3.8, 4) is 0 Å². The maximum absolute atomic E-state index is 4.28. The number of hydrogen-bond acceptors (Lipinski definition) is 3. The van der Waals surface area contributed by atoms with Gasteiger partial charge in [0, 0.05) is 16.8 Å². The van der Waals surface area contributed by atoms with E-state index in [2.05, 4.69) is 48.4 Å². The zero-order valence-corrected chi connectivity index (χ0v) is 10.6. The molecule has 0 saturated carbocycles. The average molecular weight is 232 g/mol. The molecule has 0 amide bonds. The Labute approximate surface area is 100 Å². The molecule has 1 aromatic carbocycles. The molecule has 0 aliphatic heterocycles. The Morgan fingerprint density at radius 2 is 2.12 bits per heavy atom. The molecule has 0 aliphatic rings. The van der Waals surface area contributed by atoms with Crippen molar-refractivity contribution in [3.05, 3.63) is 45.9 Å². The van der Waals surface area contributed by atoms with Gasteiger partial charge in [0.1, 0.15) is 0 Å². The Morgan fingerprint density at radius 1 is 1.31 bits per heavy atom. The highest BCUT2D eigenvalue weighted by Gasteiger charge is 2.08. The molecule has 3 heteroatoms. The third-order valence-corrected chi connectivity index (χ3v) is 3.56. The lowest BCUT2D eigenvalue weighted by Gasteiger charge is -2.13. The van der Waals surface area contributed by atoms with Crippen LogP contribution in [0, 0.1) is 13.8 Å². The van der Waals surface area contributed by atoms with Gasteiger partial charge in [-0.25, -0.2) is 4.98 Å². The minimum absolute atomic E-state index is 0.313. The van der Waals surface area contributed by atoms with Gasteiger partial charge in [-0.2, -0.15) is 0 Å². The zero-order chi connectivity index (χ0) is 11.5. The molecule has 0 aliphatic carbocycles. The summed E-state index contributed by atoms with van der Waals surface area (Å²) < 4.78 is 0. The molecular formula is C13H16N2S. The molecule has 2 rings (SSSR count). The van der Waals surface area contributed by atoms with Gasteiger partial charge in [-0.1, -0.05) is 12.1 Å². The maximum Gasteiger partial charge on any atom is 0.0897 e. The van der Waals surface area contributed by atoms with E-state index >= 15 is 0 Å². The molecule has 84 valence electrons. The van der Waals surface area contributed by atoms with Gasteiger partial charge < -0.3 is 5.32 Å². The number of rotatable bonds is 3. The summed E-state index contributed by atoms with van der Waals surface area (Å²) in [5, 5.41) is 4.60. The quantitative estimate of drug-likeness (QED) is 0.867. The molecule has 2 aromatic rings. The standard InChI is InChI=1S/C13H16N2S/c1-9-5-4-6-12(7-9)15-10(2)13-8-14-11(3)16-13/h4-8,10,15H,1-3H3. The first-order chi connectivity index (χ1) is 7.65. The fourth-order valence-electron chi connectivity index (χ4n) is 1.63. The fourth-order valence-corrected chi connectivity index (χ4v) is 2.42. The van der Waals surface area contributed by atoms with E-state index in [0.717, 1.165) is 5.01 Å². The lowest BCUT2D eigenvalue weighted by atomic mass is 10.2. The number of anilines is 1. The second-order valence-corrected chi connectivity index (χ2v) is 5.28. The highest BCUT2D eigenvalue weighted by molar-refractivity contribution is 7.11. The van der Waals surface area contributed by atoms with E-state index in [0.29, 0.717) is 6.04 Å². The summed E-state index contributed by atoms with van der Waals surface area (Å²) >= 11 is 1.75. The first kappa shape index (κ1) is 11.1. The molecule has 2 nitrogen and oxygen atoms in total. The number of nitrogens with zero attached hydrogens (tertiary/aromatic N) is 1. The van der Waals surface area contributed by atoms with Gasteiger partial charge in [-0.05, 0) is 38.5 Å². The van der Waals surface area contributed by atoms with E-state index in [1.165, 1.54) is 16.1 Å². The second-order valence-electron chi connectivity index (χ2n) is 4.02. The summed E-state index contributed by atoms with van der Waals surface area (Å²) in [6, 6.07) is 8.74. The smallest absolute Gasteiger partial charge is 0.0897 e. The van der Waals surface area contributed by atoms with E-state index in [4.69, 9.17) is 0 Å². The van der Waals surface area contributed by atoms with Crippen molar-refractivity contribution in [1.82, 2.24) is 4.98 Å². The van der Waals surface area contributed by atoms with Crippen molar-refractivity contribution in [1.29, 1.82) is 0 Å². The SMILES string of the molecule is Cc1cccc(NC(C)c2cnc(C)s2)c1. The molecule has 0 saturated heterocycles. The van der Waals surface area contributed by atoms with Crippen LogP contribution in [0.15, 0.2) is 30.5 Å². The Kier molecular flexibility index (Phi) is 3.25. The minimum atomic E-state index is 0.313. The maximum atomic E-state index is 4.28. The molecular weight excluding hydrogens is 216 g/mol. The monoisotopic (exact) mass is 232 g/mol. The Morgan fingerprint density at radius 3 is 2.75 bits per heavy atom. The van der Waals surface area contributed by atoms with Crippen molar-refractivity contribution >= 4 is 17.0 Å². The van der Waals surface area contributed by atoms with Crippen LogP contribution >= 0.6 is 11.3 Å². The van der Waals surface area contributed by atoms with Crippen molar-refractivity contribution in [2.45, 2.75) is 26.8 Å². The van der Waals surface area contributed by atoms with Crippen molar-refractivity contribution in [2.24, 2.45) is 0 Å². The zero-order valence-electron chi connectivity index (χ0n) is 9.82. The van der Waals surface area contributed by atoms with Crippen molar-refractivity contribution < 1.29 is 0 Å². The van der Waals surface area contributed by atoms with Gasteiger partial charge in [0.2, 0.25) is 0 Å². The van der Waals surface area contributed by atoms with E-state index < -0.39 is 0 Å². The molecule has 1 atom stereocenters. The lowest BCUT2D eigenvalue weighted by molar-refractivity contribution is 0.903. The Bertz CT molecular complexity index is 476. The van der Waals surface area contributed by atoms with Crippen molar-refractivity contribution in [3.63, 3.8) is 0 Å². The van der Waals surface area contributed by atoms with Gasteiger partial charge in [0.15, 0.2) is 0 Å². The molecule has 16 heavy (non-hydrogen) atoms.